The van der Waals surface area contributed by atoms with Crippen molar-refractivity contribution in [2.45, 2.75) is 19.4 Å². The zero-order chi connectivity index (χ0) is 12.6. The molecule has 1 saturated heterocycles. The Morgan fingerprint density at radius 2 is 2.24 bits per heavy atom. The van der Waals surface area contributed by atoms with Gasteiger partial charge in [0.05, 0.1) is 6.10 Å². The summed E-state index contributed by atoms with van der Waals surface area (Å²) in [6.45, 7) is 2.80. The number of hydrogen-bond donors (Lipinski definition) is 2. The highest BCUT2D eigenvalue weighted by atomic mass is 19.1. The van der Waals surface area contributed by atoms with Crippen LogP contribution in [0.5, 0.6) is 0 Å². The Balaban J connectivity index is 2.22. The van der Waals surface area contributed by atoms with Crippen molar-refractivity contribution >= 4 is 11.6 Å². The Bertz CT molecular complexity index is 425. The zero-order valence-corrected chi connectivity index (χ0v) is 9.53. The molecular formula is C11H15F2N3O. The third-order valence-electron chi connectivity index (χ3n) is 3.14. The van der Waals surface area contributed by atoms with E-state index in [-0.39, 0.29) is 17.6 Å². The Morgan fingerprint density at radius 1 is 1.53 bits per heavy atom. The molecule has 17 heavy (non-hydrogen) atoms. The van der Waals surface area contributed by atoms with Gasteiger partial charge in [0, 0.05) is 25.1 Å². The van der Waals surface area contributed by atoms with Crippen molar-refractivity contribution < 1.29 is 13.9 Å². The molecule has 1 fully saturated rings. The Kier molecular flexibility index (Phi) is 3.15. The molecule has 2 atom stereocenters. The number of nitrogen functional groups attached to an aromatic ring is 1. The lowest BCUT2D eigenvalue weighted by Gasteiger charge is -2.19. The van der Waals surface area contributed by atoms with Crippen LogP contribution in [0.25, 0.3) is 0 Å². The number of aromatic nitrogens is 1. The van der Waals surface area contributed by atoms with Crippen LogP contribution in [-0.4, -0.2) is 29.3 Å². The van der Waals surface area contributed by atoms with Gasteiger partial charge in [-0.2, -0.15) is 0 Å². The average Bonchev–Trinajstić information content (AvgIpc) is 2.72. The van der Waals surface area contributed by atoms with Gasteiger partial charge in [0.1, 0.15) is 0 Å². The molecule has 1 aliphatic rings. The van der Waals surface area contributed by atoms with Crippen LogP contribution >= 0.6 is 0 Å². The van der Waals surface area contributed by atoms with Gasteiger partial charge in [-0.3, -0.25) is 0 Å². The SMILES string of the molecule is CC(O)C1CCN(c2nc(N)c(F)cc2F)C1. The standard InChI is InChI=1S/C11H15F2N3O/c1-6(17)7-2-3-16(5-7)11-9(13)4-8(12)10(14)15-11/h4,6-7,17H,2-3,5H2,1H3,(H2,14,15). The quantitative estimate of drug-likeness (QED) is 0.818. The molecule has 0 saturated carbocycles. The predicted octanol–water partition coefficient (Wildman–Crippen LogP) is 1.15. The Morgan fingerprint density at radius 3 is 2.82 bits per heavy atom. The van der Waals surface area contributed by atoms with E-state index < -0.39 is 17.7 Å². The number of hydrogen-bond acceptors (Lipinski definition) is 4. The largest absolute Gasteiger partial charge is 0.393 e. The molecule has 1 aromatic heterocycles. The smallest absolute Gasteiger partial charge is 0.168 e. The molecular weight excluding hydrogens is 228 g/mol. The molecule has 6 heteroatoms. The van der Waals surface area contributed by atoms with Crippen molar-refractivity contribution in [1.29, 1.82) is 0 Å². The summed E-state index contributed by atoms with van der Waals surface area (Å²) in [5.41, 5.74) is 5.32. The van der Waals surface area contributed by atoms with Gasteiger partial charge in [-0.1, -0.05) is 0 Å². The van der Waals surface area contributed by atoms with Gasteiger partial charge in [0.15, 0.2) is 23.3 Å². The highest BCUT2D eigenvalue weighted by Crippen LogP contribution is 2.27. The summed E-state index contributed by atoms with van der Waals surface area (Å²) >= 11 is 0. The van der Waals surface area contributed by atoms with Gasteiger partial charge >= 0.3 is 0 Å². The summed E-state index contributed by atoms with van der Waals surface area (Å²) in [7, 11) is 0. The molecule has 94 valence electrons. The fraction of sp³-hybridized carbons (Fsp3) is 0.545. The number of aliphatic hydroxyl groups is 1. The maximum atomic E-state index is 13.5. The minimum atomic E-state index is -0.850. The fourth-order valence-corrected chi connectivity index (χ4v) is 2.07. The second-order valence-corrected chi connectivity index (χ2v) is 4.40. The Hall–Kier alpha value is -1.43. The molecule has 0 spiro atoms. The molecule has 2 heterocycles. The van der Waals surface area contributed by atoms with Crippen molar-refractivity contribution in [2.75, 3.05) is 23.7 Å². The van der Waals surface area contributed by atoms with Crippen molar-refractivity contribution in [2.24, 2.45) is 5.92 Å². The first kappa shape index (κ1) is 12.0. The zero-order valence-electron chi connectivity index (χ0n) is 9.53. The first-order chi connectivity index (χ1) is 7.99. The lowest BCUT2D eigenvalue weighted by atomic mass is 10.0. The summed E-state index contributed by atoms with van der Waals surface area (Å²) in [4.78, 5) is 5.40. The minimum absolute atomic E-state index is 0.0621. The van der Waals surface area contributed by atoms with E-state index in [1.165, 1.54) is 0 Å². The van der Waals surface area contributed by atoms with Crippen molar-refractivity contribution in [3.05, 3.63) is 17.7 Å². The third kappa shape index (κ3) is 2.31. The van der Waals surface area contributed by atoms with Crippen molar-refractivity contribution in [1.82, 2.24) is 4.98 Å². The van der Waals surface area contributed by atoms with Crippen molar-refractivity contribution in [3.8, 4) is 0 Å². The van der Waals surface area contributed by atoms with E-state index in [0.717, 1.165) is 12.5 Å². The molecule has 0 radical (unpaired) electrons. The fourth-order valence-electron chi connectivity index (χ4n) is 2.07. The molecule has 1 aliphatic heterocycles. The first-order valence-corrected chi connectivity index (χ1v) is 5.53. The van der Waals surface area contributed by atoms with E-state index in [1.54, 1.807) is 11.8 Å². The maximum absolute atomic E-state index is 13.5. The monoisotopic (exact) mass is 243 g/mol. The average molecular weight is 243 g/mol. The number of nitrogens with zero attached hydrogens (tertiary/aromatic N) is 2. The molecule has 0 bridgehead atoms. The number of anilines is 2. The van der Waals surface area contributed by atoms with Crippen LogP contribution in [0, 0.1) is 17.6 Å². The lowest BCUT2D eigenvalue weighted by Crippen LogP contribution is -2.25. The normalized spacial score (nSPS) is 21.9. The number of halogens is 2. The van der Waals surface area contributed by atoms with Gasteiger partial charge < -0.3 is 15.7 Å². The molecule has 4 nitrogen and oxygen atoms in total. The van der Waals surface area contributed by atoms with Crippen LogP contribution in [0.2, 0.25) is 0 Å². The first-order valence-electron chi connectivity index (χ1n) is 5.53. The number of pyridine rings is 1. The summed E-state index contributed by atoms with van der Waals surface area (Å²) in [5.74, 6) is -1.73. The third-order valence-corrected chi connectivity index (χ3v) is 3.14. The van der Waals surface area contributed by atoms with Gasteiger partial charge in [0.2, 0.25) is 0 Å². The van der Waals surface area contributed by atoms with Gasteiger partial charge in [0.25, 0.3) is 0 Å². The second kappa shape index (κ2) is 4.44. The molecule has 2 rings (SSSR count). The lowest BCUT2D eigenvalue weighted by molar-refractivity contribution is 0.136. The summed E-state index contributed by atoms with van der Waals surface area (Å²) in [6, 6.07) is 0.743. The second-order valence-electron chi connectivity index (χ2n) is 4.40. The Labute approximate surface area is 98.1 Å². The van der Waals surface area contributed by atoms with E-state index in [9.17, 15) is 13.9 Å². The highest BCUT2D eigenvalue weighted by molar-refractivity contribution is 5.47. The van der Waals surface area contributed by atoms with Crippen LogP contribution in [0.1, 0.15) is 13.3 Å². The minimum Gasteiger partial charge on any atom is -0.393 e. The van der Waals surface area contributed by atoms with Crippen LogP contribution in [-0.2, 0) is 0 Å². The van der Waals surface area contributed by atoms with Crippen molar-refractivity contribution in [3.63, 3.8) is 0 Å². The van der Waals surface area contributed by atoms with Crippen LogP contribution in [0.3, 0.4) is 0 Å². The van der Waals surface area contributed by atoms with E-state index in [2.05, 4.69) is 4.98 Å². The van der Waals surface area contributed by atoms with Crippen LogP contribution in [0.4, 0.5) is 20.4 Å². The van der Waals surface area contributed by atoms with Crippen LogP contribution < -0.4 is 10.6 Å². The maximum Gasteiger partial charge on any atom is 0.168 e. The molecule has 0 amide bonds. The summed E-state index contributed by atoms with van der Waals surface area (Å²) < 4.78 is 26.5. The molecule has 0 aliphatic carbocycles. The molecule has 0 aromatic carbocycles. The van der Waals surface area contributed by atoms with E-state index in [0.29, 0.717) is 13.1 Å². The number of aliphatic hydroxyl groups excluding tert-OH is 1. The van der Waals surface area contributed by atoms with Gasteiger partial charge in [-0.25, -0.2) is 13.8 Å². The number of nitrogens with two attached hydrogens (primary N) is 1. The molecule has 3 N–H and O–H groups in total. The number of rotatable bonds is 2. The van der Waals surface area contributed by atoms with E-state index in [1.807, 2.05) is 0 Å². The van der Waals surface area contributed by atoms with Crippen LogP contribution in [0.15, 0.2) is 6.07 Å². The molecule has 2 unspecified atom stereocenters. The molecule has 1 aromatic rings. The van der Waals surface area contributed by atoms with E-state index in [4.69, 9.17) is 5.73 Å². The van der Waals surface area contributed by atoms with Gasteiger partial charge in [-0.05, 0) is 13.3 Å². The highest BCUT2D eigenvalue weighted by Gasteiger charge is 2.28. The van der Waals surface area contributed by atoms with E-state index >= 15 is 0 Å². The topological polar surface area (TPSA) is 62.4 Å². The predicted molar refractivity (Wildman–Crippen MR) is 60.6 cm³/mol. The summed E-state index contributed by atoms with van der Waals surface area (Å²) in [5, 5.41) is 9.46. The summed E-state index contributed by atoms with van der Waals surface area (Å²) in [6.07, 6.45) is 0.316. The van der Waals surface area contributed by atoms with Gasteiger partial charge in [-0.15, -0.1) is 0 Å².